The van der Waals surface area contributed by atoms with Gasteiger partial charge in [0.1, 0.15) is 0 Å². The molecular formula is C29H38N4O3. The molecule has 4 rings (SSSR count). The number of rotatable bonds is 9. The van der Waals surface area contributed by atoms with Crippen molar-refractivity contribution in [2.24, 2.45) is 0 Å². The molecule has 0 atom stereocenters. The van der Waals surface area contributed by atoms with E-state index in [2.05, 4.69) is 53.1 Å². The maximum Gasteiger partial charge on any atom is 0.328 e. The first kappa shape index (κ1) is 25.8. The highest BCUT2D eigenvalue weighted by molar-refractivity contribution is 5.86. The molecule has 0 aromatic heterocycles. The Labute approximate surface area is 214 Å². The minimum atomic E-state index is -0.982. The largest absolute Gasteiger partial charge is 0.478 e. The van der Waals surface area contributed by atoms with Crippen molar-refractivity contribution in [2.75, 3.05) is 61.5 Å². The van der Waals surface area contributed by atoms with Gasteiger partial charge in [-0.2, -0.15) is 0 Å². The van der Waals surface area contributed by atoms with Gasteiger partial charge in [-0.25, -0.2) is 4.79 Å². The summed E-state index contributed by atoms with van der Waals surface area (Å²) in [5.41, 5.74) is 3.83. The Morgan fingerprint density at radius 2 is 1.67 bits per heavy atom. The Kier molecular flexibility index (Phi) is 8.31. The molecule has 2 aromatic carbocycles. The van der Waals surface area contributed by atoms with Crippen LogP contribution in [-0.2, 0) is 9.59 Å². The summed E-state index contributed by atoms with van der Waals surface area (Å²) >= 11 is 0. The average Bonchev–Trinajstić information content (AvgIpc) is 2.89. The van der Waals surface area contributed by atoms with Gasteiger partial charge in [0.25, 0.3) is 0 Å². The number of piperazine rings is 1. The molecule has 1 aliphatic heterocycles. The molecular weight excluding hydrogens is 452 g/mol. The van der Waals surface area contributed by atoms with Crippen LogP contribution in [0.3, 0.4) is 0 Å². The second-order valence-corrected chi connectivity index (χ2v) is 10.2. The predicted molar refractivity (Wildman–Crippen MR) is 147 cm³/mol. The van der Waals surface area contributed by atoms with Crippen LogP contribution in [-0.4, -0.2) is 74.7 Å². The molecule has 7 nitrogen and oxygen atoms in total. The van der Waals surface area contributed by atoms with E-state index in [1.807, 2.05) is 29.2 Å². The first-order valence-corrected chi connectivity index (χ1v) is 12.9. The van der Waals surface area contributed by atoms with Gasteiger partial charge >= 0.3 is 5.97 Å². The molecule has 7 heteroatoms. The Bertz CT molecular complexity index is 1050. The van der Waals surface area contributed by atoms with E-state index in [0.29, 0.717) is 0 Å². The van der Waals surface area contributed by atoms with Gasteiger partial charge < -0.3 is 19.8 Å². The van der Waals surface area contributed by atoms with Crippen molar-refractivity contribution in [3.63, 3.8) is 0 Å². The molecule has 1 N–H and O–H groups in total. The third-order valence-electron chi connectivity index (χ3n) is 7.59. The summed E-state index contributed by atoms with van der Waals surface area (Å²) < 4.78 is 0. The number of aliphatic carboxylic acids is 1. The first-order chi connectivity index (χ1) is 17.4. The summed E-state index contributed by atoms with van der Waals surface area (Å²) in [6, 6.07) is 16.4. The van der Waals surface area contributed by atoms with E-state index in [1.54, 1.807) is 6.08 Å². The van der Waals surface area contributed by atoms with Gasteiger partial charge in [-0.05, 0) is 60.9 Å². The summed E-state index contributed by atoms with van der Waals surface area (Å²) in [6.45, 7) is 4.72. The van der Waals surface area contributed by atoms with E-state index >= 15 is 0 Å². The monoisotopic (exact) mass is 490 g/mol. The molecule has 1 aliphatic carbocycles. The van der Waals surface area contributed by atoms with Crippen molar-refractivity contribution in [1.29, 1.82) is 0 Å². The van der Waals surface area contributed by atoms with Crippen LogP contribution in [0.4, 0.5) is 17.1 Å². The molecule has 0 radical (unpaired) electrons. The molecule has 1 heterocycles. The van der Waals surface area contributed by atoms with Crippen molar-refractivity contribution in [3.05, 3.63) is 60.2 Å². The zero-order valence-corrected chi connectivity index (χ0v) is 21.5. The molecule has 36 heavy (non-hydrogen) atoms. The van der Waals surface area contributed by atoms with Crippen molar-refractivity contribution < 1.29 is 14.7 Å². The standard InChI is InChI=1S/C29H38N4O3/c1-30(2)25-10-12-26(13-11-25)32-19-17-31(18-20-32)22-29(15-4-3-5-16-29)33(23-34)27-8-6-7-24(21-27)9-14-28(35)36/h6-14,21,23H,3-5,15-20,22H2,1-2H3,(H,35,36)/b14-9+. The number of amides is 1. The van der Waals surface area contributed by atoms with E-state index in [0.717, 1.165) is 82.1 Å². The van der Waals surface area contributed by atoms with E-state index in [1.165, 1.54) is 17.8 Å². The summed E-state index contributed by atoms with van der Waals surface area (Å²) in [7, 11) is 4.11. The van der Waals surface area contributed by atoms with Gasteiger partial charge in [-0.3, -0.25) is 9.69 Å². The molecule has 1 saturated heterocycles. The third kappa shape index (κ3) is 6.08. The molecule has 2 fully saturated rings. The van der Waals surface area contributed by atoms with Crippen LogP contribution in [0, 0.1) is 0 Å². The highest BCUT2D eigenvalue weighted by Crippen LogP contribution is 2.37. The average molecular weight is 491 g/mol. The lowest BCUT2D eigenvalue weighted by Gasteiger charge is -2.49. The fraction of sp³-hybridized carbons (Fsp3) is 0.448. The Hall–Kier alpha value is -3.32. The second kappa shape index (κ2) is 11.6. The molecule has 0 unspecified atom stereocenters. The number of hydrogen-bond donors (Lipinski definition) is 1. The summed E-state index contributed by atoms with van der Waals surface area (Å²) in [4.78, 5) is 32.5. The van der Waals surface area contributed by atoms with Gasteiger partial charge in [0, 0.05) is 70.0 Å². The topological polar surface area (TPSA) is 67.3 Å². The van der Waals surface area contributed by atoms with Gasteiger partial charge in [0.05, 0.1) is 5.54 Å². The van der Waals surface area contributed by atoms with Crippen LogP contribution in [0.25, 0.3) is 6.08 Å². The lowest BCUT2D eigenvalue weighted by molar-refractivity contribution is -0.131. The highest BCUT2D eigenvalue weighted by Gasteiger charge is 2.40. The van der Waals surface area contributed by atoms with Crippen molar-refractivity contribution in [1.82, 2.24) is 4.90 Å². The number of carboxylic acids is 1. The van der Waals surface area contributed by atoms with Gasteiger partial charge in [0.2, 0.25) is 6.41 Å². The fourth-order valence-electron chi connectivity index (χ4n) is 5.62. The van der Waals surface area contributed by atoms with E-state index in [9.17, 15) is 9.59 Å². The Morgan fingerprint density at radius 1 is 0.972 bits per heavy atom. The van der Waals surface area contributed by atoms with Gasteiger partial charge in [-0.15, -0.1) is 0 Å². The molecule has 1 amide bonds. The maximum absolute atomic E-state index is 12.5. The number of benzene rings is 2. The van der Waals surface area contributed by atoms with Gasteiger partial charge in [0.15, 0.2) is 0 Å². The zero-order chi connectivity index (χ0) is 25.5. The summed E-state index contributed by atoms with van der Waals surface area (Å²) in [5, 5.41) is 8.99. The minimum absolute atomic E-state index is 0.245. The molecule has 192 valence electrons. The van der Waals surface area contributed by atoms with Crippen LogP contribution in [0.15, 0.2) is 54.6 Å². The van der Waals surface area contributed by atoms with Crippen LogP contribution in [0.2, 0.25) is 0 Å². The number of nitrogens with zero attached hydrogens (tertiary/aromatic N) is 4. The van der Waals surface area contributed by atoms with Crippen molar-refractivity contribution in [3.8, 4) is 0 Å². The SMILES string of the molecule is CN(C)c1ccc(N2CCN(CC3(N(C=O)c4cccc(/C=C/C(=O)O)c4)CCCCC3)CC2)cc1. The lowest BCUT2D eigenvalue weighted by atomic mass is 9.79. The van der Waals surface area contributed by atoms with Crippen LogP contribution in [0.1, 0.15) is 37.7 Å². The Morgan fingerprint density at radius 3 is 2.28 bits per heavy atom. The second-order valence-electron chi connectivity index (χ2n) is 10.2. The molecule has 2 aliphatic rings. The van der Waals surface area contributed by atoms with E-state index in [4.69, 9.17) is 5.11 Å². The smallest absolute Gasteiger partial charge is 0.328 e. The zero-order valence-electron chi connectivity index (χ0n) is 21.5. The Balaban J connectivity index is 1.48. The van der Waals surface area contributed by atoms with Crippen LogP contribution >= 0.6 is 0 Å². The maximum atomic E-state index is 12.5. The number of anilines is 3. The van der Waals surface area contributed by atoms with E-state index in [-0.39, 0.29) is 5.54 Å². The molecule has 0 spiro atoms. The minimum Gasteiger partial charge on any atom is -0.478 e. The summed E-state index contributed by atoms with van der Waals surface area (Å²) in [5.74, 6) is -0.982. The molecule has 0 bridgehead atoms. The molecule has 1 saturated carbocycles. The van der Waals surface area contributed by atoms with E-state index < -0.39 is 5.97 Å². The van der Waals surface area contributed by atoms with Gasteiger partial charge in [-0.1, -0.05) is 31.4 Å². The number of hydrogen-bond acceptors (Lipinski definition) is 5. The van der Waals surface area contributed by atoms with Crippen LogP contribution in [0.5, 0.6) is 0 Å². The van der Waals surface area contributed by atoms with Crippen molar-refractivity contribution in [2.45, 2.75) is 37.6 Å². The van der Waals surface area contributed by atoms with Crippen molar-refractivity contribution >= 4 is 35.5 Å². The molecule has 2 aromatic rings. The lowest BCUT2D eigenvalue weighted by Crippen LogP contribution is -2.59. The first-order valence-electron chi connectivity index (χ1n) is 12.9. The summed E-state index contributed by atoms with van der Waals surface area (Å²) in [6.07, 6.45) is 9.07. The highest BCUT2D eigenvalue weighted by atomic mass is 16.4. The number of carboxylic acid groups (broad SMARTS) is 1. The number of carbonyl (C=O) groups is 2. The normalized spacial score (nSPS) is 18.2. The number of carbonyl (C=O) groups excluding carboxylic acids is 1. The fourth-order valence-corrected chi connectivity index (χ4v) is 5.62. The van der Waals surface area contributed by atoms with Crippen LogP contribution < -0.4 is 14.7 Å². The predicted octanol–water partition coefficient (Wildman–Crippen LogP) is 4.34. The quantitative estimate of drug-likeness (QED) is 0.417. The third-order valence-corrected chi connectivity index (χ3v) is 7.59.